The summed E-state index contributed by atoms with van der Waals surface area (Å²) >= 11 is 1.61. The van der Waals surface area contributed by atoms with E-state index in [1.807, 2.05) is 36.7 Å². The number of nitrogens with zero attached hydrogens (tertiary/aromatic N) is 5. The van der Waals surface area contributed by atoms with Crippen molar-refractivity contribution in [2.75, 3.05) is 38.2 Å². The lowest BCUT2D eigenvalue weighted by molar-refractivity contribution is -0.0777. The molecule has 0 spiro atoms. The van der Waals surface area contributed by atoms with E-state index in [0.717, 1.165) is 82.8 Å². The Morgan fingerprint density at radius 1 is 1.18 bits per heavy atom. The first kappa shape index (κ1) is 24.7. The van der Waals surface area contributed by atoms with Gasteiger partial charge in [0.05, 0.1) is 45.9 Å². The molecular weight excluding hydrogens is 498 g/mol. The Hall–Kier alpha value is -3.60. The van der Waals surface area contributed by atoms with Gasteiger partial charge in [-0.05, 0) is 55.7 Å². The number of likely N-dealkylation sites (tertiary alicyclic amines) is 1. The number of anilines is 2. The molecule has 38 heavy (non-hydrogen) atoms. The molecule has 2 saturated heterocycles. The lowest BCUT2D eigenvalue weighted by atomic mass is 10.0. The van der Waals surface area contributed by atoms with E-state index in [-0.39, 0.29) is 6.10 Å². The van der Waals surface area contributed by atoms with E-state index in [1.54, 1.807) is 30.1 Å². The van der Waals surface area contributed by atoms with E-state index in [4.69, 9.17) is 15.2 Å². The fourth-order valence-electron chi connectivity index (χ4n) is 4.95. The number of fused-ring (bicyclic) bond motifs is 2. The Balaban J connectivity index is 1.36. The molecule has 0 radical (unpaired) electrons. The molecule has 0 aliphatic carbocycles. The minimum absolute atomic E-state index is 0.0990. The first-order chi connectivity index (χ1) is 18.7. The standard InChI is InChI=1S/C28H31N7O2S/c1-2-30-13-19(12-29)18-9-24-27(25(10-18)37-22-5-7-35(8-6-22)21-14-36-15-21)28(32-16-31-24)34-20-3-4-23-26(11-20)38-17-33-23/h3-4,9-13,16-17,21-22H,2,5-8,14-15,29H2,1H3,(H,31,32,34)/b19-12+,30-13?. The van der Waals surface area contributed by atoms with Crippen LogP contribution in [0, 0.1) is 0 Å². The van der Waals surface area contributed by atoms with Crippen LogP contribution in [0.2, 0.25) is 0 Å². The number of piperidine rings is 1. The maximum atomic E-state index is 6.73. The average Bonchev–Trinajstić information content (AvgIpc) is 3.37. The summed E-state index contributed by atoms with van der Waals surface area (Å²) in [7, 11) is 0. The van der Waals surface area contributed by atoms with E-state index in [9.17, 15) is 0 Å². The van der Waals surface area contributed by atoms with E-state index >= 15 is 0 Å². The molecule has 4 heterocycles. The highest BCUT2D eigenvalue weighted by Gasteiger charge is 2.30. The normalized spacial score (nSPS) is 17.9. The Morgan fingerprint density at radius 3 is 2.82 bits per heavy atom. The lowest BCUT2D eigenvalue weighted by Crippen LogP contribution is -2.52. The highest BCUT2D eigenvalue weighted by atomic mass is 32.1. The maximum Gasteiger partial charge on any atom is 0.145 e. The summed E-state index contributed by atoms with van der Waals surface area (Å²) in [4.78, 5) is 20.5. The fraction of sp³-hybridized carbons (Fsp3) is 0.357. The quantitative estimate of drug-likeness (QED) is 0.318. The molecule has 0 bridgehead atoms. The summed E-state index contributed by atoms with van der Waals surface area (Å²) in [5.74, 6) is 1.44. The van der Waals surface area contributed by atoms with Gasteiger partial charge >= 0.3 is 0 Å². The van der Waals surface area contributed by atoms with Crippen molar-refractivity contribution in [2.45, 2.75) is 31.9 Å². The summed E-state index contributed by atoms with van der Waals surface area (Å²) < 4.78 is 13.2. The van der Waals surface area contributed by atoms with Crippen molar-refractivity contribution < 1.29 is 9.47 Å². The average molecular weight is 530 g/mol. The highest BCUT2D eigenvalue weighted by molar-refractivity contribution is 7.16. The number of rotatable bonds is 8. The van der Waals surface area contributed by atoms with Gasteiger partial charge in [0.25, 0.3) is 0 Å². The third-order valence-corrected chi connectivity index (χ3v) is 7.92. The predicted molar refractivity (Wildman–Crippen MR) is 153 cm³/mol. The Kier molecular flexibility index (Phi) is 7.17. The minimum atomic E-state index is 0.0990. The molecule has 4 aromatic rings. The van der Waals surface area contributed by atoms with Gasteiger partial charge < -0.3 is 20.5 Å². The first-order valence-corrected chi connectivity index (χ1v) is 13.9. The second-order valence-electron chi connectivity index (χ2n) is 9.55. The van der Waals surface area contributed by atoms with Crippen LogP contribution < -0.4 is 15.8 Å². The predicted octanol–water partition coefficient (Wildman–Crippen LogP) is 4.62. The molecule has 10 heteroatoms. The van der Waals surface area contributed by atoms with Crippen LogP contribution in [-0.2, 0) is 4.74 Å². The number of hydrogen-bond donors (Lipinski definition) is 2. The van der Waals surface area contributed by atoms with Gasteiger partial charge in [-0.1, -0.05) is 0 Å². The van der Waals surface area contributed by atoms with Gasteiger partial charge in [-0.25, -0.2) is 15.0 Å². The number of nitrogens with two attached hydrogens (primary N) is 1. The molecule has 2 aromatic heterocycles. The zero-order chi connectivity index (χ0) is 25.9. The van der Waals surface area contributed by atoms with Crippen molar-refractivity contribution in [3.8, 4) is 5.75 Å². The molecule has 3 N–H and O–H groups in total. The number of nitrogens with one attached hydrogen (secondary N) is 1. The second-order valence-corrected chi connectivity index (χ2v) is 10.4. The molecule has 6 rings (SSSR count). The SMILES string of the molecule is CCN=C/C(=C\N)c1cc(OC2CCN(C3COC3)CC2)c2c(Nc3ccc4ncsc4c3)ncnc2c1. The zero-order valence-electron chi connectivity index (χ0n) is 21.3. The smallest absolute Gasteiger partial charge is 0.145 e. The van der Waals surface area contributed by atoms with Gasteiger partial charge in [-0.2, -0.15) is 0 Å². The largest absolute Gasteiger partial charge is 0.489 e. The molecule has 2 aliphatic heterocycles. The first-order valence-electron chi connectivity index (χ1n) is 13.0. The number of allylic oxidation sites excluding steroid dienone is 1. The molecular formula is C28H31N7O2S. The number of thiazole rings is 1. The molecule has 2 aromatic carbocycles. The van der Waals surface area contributed by atoms with Crippen LogP contribution in [0.15, 0.2) is 53.4 Å². The maximum absolute atomic E-state index is 6.73. The van der Waals surface area contributed by atoms with Gasteiger partial charge in [-0.3, -0.25) is 9.89 Å². The fourth-order valence-corrected chi connectivity index (χ4v) is 5.67. The number of ether oxygens (including phenoxy) is 2. The summed E-state index contributed by atoms with van der Waals surface area (Å²) in [6, 6.07) is 10.7. The van der Waals surface area contributed by atoms with Crippen molar-refractivity contribution in [3.05, 3.63) is 53.9 Å². The van der Waals surface area contributed by atoms with E-state index in [2.05, 4.69) is 36.2 Å². The Morgan fingerprint density at radius 2 is 2.05 bits per heavy atom. The third-order valence-electron chi connectivity index (χ3n) is 7.13. The van der Waals surface area contributed by atoms with Crippen LogP contribution >= 0.6 is 11.3 Å². The van der Waals surface area contributed by atoms with E-state index in [1.165, 1.54) is 0 Å². The van der Waals surface area contributed by atoms with Gasteiger partial charge in [0.1, 0.15) is 24.0 Å². The third kappa shape index (κ3) is 5.07. The van der Waals surface area contributed by atoms with Gasteiger partial charge in [0.15, 0.2) is 0 Å². The summed E-state index contributed by atoms with van der Waals surface area (Å²) in [5.41, 5.74) is 12.3. The van der Waals surface area contributed by atoms with Crippen LogP contribution in [-0.4, -0.2) is 71.1 Å². The van der Waals surface area contributed by atoms with Crippen molar-refractivity contribution in [1.82, 2.24) is 19.9 Å². The molecule has 0 atom stereocenters. The molecule has 196 valence electrons. The van der Waals surface area contributed by atoms with Crippen molar-refractivity contribution in [1.29, 1.82) is 0 Å². The van der Waals surface area contributed by atoms with E-state index in [0.29, 0.717) is 18.4 Å². The number of benzene rings is 2. The van der Waals surface area contributed by atoms with Crippen LogP contribution in [0.5, 0.6) is 5.75 Å². The molecule has 2 fully saturated rings. The zero-order valence-corrected chi connectivity index (χ0v) is 22.2. The Bertz CT molecular complexity index is 1490. The molecule has 0 saturated carbocycles. The monoisotopic (exact) mass is 529 g/mol. The molecule has 9 nitrogen and oxygen atoms in total. The number of aromatic nitrogens is 3. The summed E-state index contributed by atoms with van der Waals surface area (Å²) in [5, 5.41) is 4.35. The second kappa shape index (κ2) is 11.0. The highest BCUT2D eigenvalue weighted by Crippen LogP contribution is 2.36. The molecule has 2 aliphatic rings. The summed E-state index contributed by atoms with van der Waals surface area (Å²) in [6.45, 7) is 6.36. The Labute approximate surface area is 225 Å². The van der Waals surface area contributed by atoms with Gasteiger partial charge in [-0.15, -0.1) is 11.3 Å². The van der Waals surface area contributed by atoms with Crippen molar-refractivity contribution in [2.24, 2.45) is 10.7 Å². The number of aliphatic imine (C=N–C) groups is 1. The van der Waals surface area contributed by atoms with Crippen LogP contribution in [0.25, 0.3) is 26.7 Å². The molecule has 0 unspecified atom stereocenters. The van der Waals surface area contributed by atoms with Crippen molar-refractivity contribution >= 4 is 55.7 Å². The van der Waals surface area contributed by atoms with Crippen LogP contribution in [0.4, 0.5) is 11.5 Å². The minimum Gasteiger partial charge on any atom is -0.489 e. The molecule has 0 amide bonds. The van der Waals surface area contributed by atoms with Gasteiger partial charge in [0.2, 0.25) is 0 Å². The topological polar surface area (TPSA) is 111 Å². The number of hydrogen-bond acceptors (Lipinski definition) is 10. The van der Waals surface area contributed by atoms with Crippen LogP contribution in [0.1, 0.15) is 25.3 Å². The lowest BCUT2D eigenvalue weighted by Gasteiger charge is -2.41. The summed E-state index contributed by atoms with van der Waals surface area (Å²) in [6.07, 6.45) is 6.97. The van der Waals surface area contributed by atoms with Gasteiger partial charge in [0, 0.05) is 43.3 Å². The van der Waals surface area contributed by atoms with Crippen LogP contribution in [0.3, 0.4) is 0 Å². The van der Waals surface area contributed by atoms with E-state index < -0.39 is 0 Å². The van der Waals surface area contributed by atoms with Crippen molar-refractivity contribution in [3.63, 3.8) is 0 Å².